The number of aliphatic hydroxyl groups excluding tert-OH is 1. The van der Waals surface area contributed by atoms with Crippen LogP contribution in [0, 0.1) is 12.3 Å². The van der Waals surface area contributed by atoms with E-state index in [1.54, 1.807) is 0 Å². The Labute approximate surface area is 222 Å². The second-order valence-electron chi connectivity index (χ2n) is 11.9. The fraction of sp³-hybridized carbons (Fsp3) is 0.607. The Balaban J connectivity index is 1.38. The van der Waals surface area contributed by atoms with Crippen molar-refractivity contribution in [2.24, 2.45) is 5.41 Å². The number of piperidine rings is 2. The van der Waals surface area contributed by atoms with Gasteiger partial charge < -0.3 is 25.5 Å². The SMILES string of the molecule is Cc1cc(NC(=O)c2ncc(NC(C)(C)CO)nc2N2CCC3(CC2)CC3)cc(N2CCC(F)(F)CC2)c1. The Morgan fingerprint density at radius 1 is 1.03 bits per heavy atom. The van der Waals surface area contributed by atoms with E-state index in [9.17, 15) is 18.7 Å². The van der Waals surface area contributed by atoms with Crippen LogP contribution in [-0.2, 0) is 0 Å². The third kappa shape index (κ3) is 6.00. The van der Waals surface area contributed by atoms with E-state index in [-0.39, 0.29) is 44.1 Å². The average Bonchev–Trinajstić information content (AvgIpc) is 3.62. The zero-order valence-electron chi connectivity index (χ0n) is 22.5. The van der Waals surface area contributed by atoms with E-state index in [2.05, 4.69) is 20.5 Å². The molecule has 1 spiro atoms. The number of alkyl halides is 2. The molecular weight excluding hydrogens is 490 g/mol. The van der Waals surface area contributed by atoms with Gasteiger partial charge in [-0.3, -0.25) is 4.79 Å². The Morgan fingerprint density at radius 2 is 1.68 bits per heavy atom. The summed E-state index contributed by atoms with van der Waals surface area (Å²) in [7, 11) is 0. The van der Waals surface area contributed by atoms with E-state index in [0.717, 1.165) is 37.2 Å². The smallest absolute Gasteiger partial charge is 0.278 e. The number of rotatable bonds is 7. The molecule has 1 saturated carbocycles. The minimum Gasteiger partial charge on any atom is -0.394 e. The topological polar surface area (TPSA) is 93.6 Å². The van der Waals surface area contributed by atoms with Crippen molar-refractivity contribution in [3.63, 3.8) is 0 Å². The third-order valence-electron chi connectivity index (χ3n) is 8.09. The maximum Gasteiger partial charge on any atom is 0.278 e. The highest BCUT2D eigenvalue weighted by molar-refractivity contribution is 6.06. The van der Waals surface area contributed by atoms with Gasteiger partial charge in [0, 0.05) is 50.4 Å². The predicted molar refractivity (Wildman–Crippen MR) is 145 cm³/mol. The molecule has 3 fully saturated rings. The van der Waals surface area contributed by atoms with Gasteiger partial charge in [0.15, 0.2) is 11.5 Å². The minimum absolute atomic E-state index is 0.0805. The molecule has 38 heavy (non-hydrogen) atoms. The van der Waals surface area contributed by atoms with Gasteiger partial charge in [0.2, 0.25) is 0 Å². The molecule has 0 atom stereocenters. The zero-order chi connectivity index (χ0) is 27.1. The van der Waals surface area contributed by atoms with E-state index in [0.29, 0.717) is 22.7 Å². The predicted octanol–water partition coefficient (Wildman–Crippen LogP) is 4.84. The molecule has 1 aromatic carbocycles. The monoisotopic (exact) mass is 528 g/mol. The van der Waals surface area contributed by atoms with Crippen molar-refractivity contribution in [2.45, 2.75) is 70.8 Å². The van der Waals surface area contributed by atoms with Crippen LogP contribution < -0.4 is 20.4 Å². The van der Waals surface area contributed by atoms with Crippen LogP contribution in [0.5, 0.6) is 0 Å². The molecule has 1 aliphatic carbocycles. The van der Waals surface area contributed by atoms with Crippen LogP contribution in [0.4, 0.5) is 31.8 Å². The Bertz CT molecular complexity index is 1180. The lowest BCUT2D eigenvalue weighted by molar-refractivity contribution is -0.0220. The van der Waals surface area contributed by atoms with Gasteiger partial charge in [-0.1, -0.05) is 0 Å². The van der Waals surface area contributed by atoms with Gasteiger partial charge in [-0.2, -0.15) is 0 Å². The van der Waals surface area contributed by atoms with E-state index in [1.807, 2.05) is 43.9 Å². The summed E-state index contributed by atoms with van der Waals surface area (Å²) in [6.07, 6.45) is 5.88. The highest BCUT2D eigenvalue weighted by Gasteiger charge is 2.45. The summed E-state index contributed by atoms with van der Waals surface area (Å²) in [5, 5.41) is 15.9. The summed E-state index contributed by atoms with van der Waals surface area (Å²) < 4.78 is 27.3. The first kappa shape index (κ1) is 26.6. The number of hydrogen-bond acceptors (Lipinski definition) is 7. The van der Waals surface area contributed by atoms with Crippen molar-refractivity contribution in [3.05, 3.63) is 35.7 Å². The van der Waals surface area contributed by atoms with Crippen LogP contribution in [0.2, 0.25) is 0 Å². The van der Waals surface area contributed by atoms with Crippen LogP contribution in [0.25, 0.3) is 0 Å². The van der Waals surface area contributed by atoms with E-state index >= 15 is 0 Å². The number of aryl methyl sites for hydroxylation is 1. The highest BCUT2D eigenvalue weighted by atomic mass is 19.3. The lowest BCUT2D eigenvalue weighted by Crippen LogP contribution is -2.39. The van der Waals surface area contributed by atoms with E-state index < -0.39 is 11.5 Å². The summed E-state index contributed by atoms with van der Waals surface area (Å²) in [6, 6.07) is 5.65. The Morgan fingerprint density at radius 3 is 2.32 bits per heavy atom. The largest absolute Gasteiger partial charge is 0.394 e. The van der Waals surface area contributed by atoms with Crippen molar-refractivity contribution >= 4 is 28.9 Å². The first-order chi connectivity index (χ1) is 18.0. The summed E-state index contributed by atoms with van der Waals surface area (Å²) in [5.41, 5.74) is 2.46. The maximum atomic E-state index is 13.7. The second-order valence-corrected chi connectivity index (χ2v) is 11.9. The summed E-state index contributed by atoms with van der Waals surface area (Å²) >= 11 is 0. The minimum atomic E-state index is -2.62. The number of aromatic nitrogens is 2. The van der Waals surface area contributed by atoms with Crippen molar-refractivity contribution in [1.82, 2.24) is 9.97 Å². The molecule has 2 aromatic rings. The van der Waals surface area contributed by atoms with Crippen LogP contribution in [-0.4, -0.2) is 65.2 Å². The maximum absolute atomic E-state index is 13.7. The van der Waals surface area contributed by atoms with Crippen LogP contribution >= 0.6 is 0 Å². The first-order valence-electron chi connectivity index (χ1n) is 13.5. The number of halogens is 2. The molecule has 0 bridgehead atoms. The molecule has 206 valence electrons. The molecule has 1 amide bonds. The van der Waals surface area contributed by atoms with Gasteiger partial charge in [0.25, 0.3) is 11.8 Å². The van der Waals surface area contributed by atoms with Crippen LogP contribution in [0.15, 0.2) is 24.4 Å². The first-order valence-corrected chi connectivity index (χ1v) is 13.5. The summed E-state index contributed by atoms with van der Waals surface area (Å²) in [4.78, 5) is 26.9. The third-order valence-corrected chi connectivity index (χ3v) is 8.09. The molecule has 3 heterocycles. The molecule has 10 heteroatoms. The zero-order valence-corrected chi connectivity index (χ0v) is 22.5. The van der Waals surface area contributed by atoms with Crippen molar-refractivity contribution in [3.8, 4) is 0 Å². The molecule has 2 saturated heterocycles. The second kappa shape index (κ2) is 9.94. The summed E-state index contributed by atoms with van der Waals surface area (Å²) in [6.45, 7) is 7.75. The molecule has 2 aliphatic heterocycles. The lowest BCUT2D eigenvalue weighted by atomic mass is 9.93. The van der Waals surface area contributed by atoms with E-state index in [1.165, 1.54) is 19.0 Å². The highest BCUT2D eigenvalue weighted by Crippen LogP contribution is 2.54. The van der Waals surface area contributed by atoms with Gasteiger partial charge in [0.05, 0.1) is 18.3 Å². The van der Waals surface area contributed by atoms with Gasteiger partial charge in [-0.05, 0) is 75.6 Å². The number of hydrogen-bond donors (Lipinski definition) is 3. The van der Waals surface area contributed by atoms with Gasteiger partial charge in [0.1, 0.15) is 5.82 Å². The summed E-state index contributed by atoms with van der Waals surface area (Å²) in [5.74, 6) is -1.95. The van der Waals surface area contributed by atoms with Crippen molar-refractivity contribution < 1.29 is 18.7 Å². The van der Waals surface area contributed by atoms with Crippen LogP contribution in [0.3, 0.4) is 0 Å². The number of nitrogens with zero attached hydrogens (tertiary/aromatic N) is 4. The molecule has 3 N–H and O–H groups in total. The fourth-order valence-corrected chi connectivity index (χ4v) is 5.38. The average molecular weight is 529 g/mol. The molecular formula is C28H38F2N6O2. The normalized spacial score (nSPS) is 20.4. The molecule has 3 aliphatic rings. The van der Waals surface area contributed by atoms with E-state index in [4.69, 9.17) is 4.98 Å². The van der Waals surface area contributed by atoms with Gasteiger partial charge in [-0.25, -0.2) is 18.7 Å². The standard InChI is InChI=1S/C28H38F2N6O2/c1-19-14-20(16-21(15-19)35-12-8-28(29,30)9-13-35)32-25(38)23-24(36-10-6-27(4-5-27)7-11-36)33-22(17-31-23)34-26(2,3)18-37/h14-17,37H,4-13,18H2,1-3H3,(H,32,38)(H,33,34). The van der Waals surface area contributed by atoms with Crippen LogP contribution in [0.1, 0.15) is 68.4 Å². The fourth-order valence-electron chi connectivity index (χ4n) is 5.38. The molecule has 0 radical (unpaired) electrons. The molecule has 0 unspecified atom stereocenters. The number of carbonyl (C=O) groups excluding carboxylic acids is 1. The Hall–Kier alpha value is -3.01. The van der Waals surface area contributed by atoms with Gasteiger partial charge >= 0.3 is 0 Å². The number of nitrogens with one attached hydrogen (secondary N) is 2. The van der Waals surface area contributed by atoms with Crippen molar-refractivity contribution in [2.75, 3.05) is 53.2 Å². The van der Waals surface area contributed by atoms with Crippen molar-refractivity contribution in [1.29, 1.82) is 0 Å². The number of amides is 1. The number of anilines is 4. The molecule has 1 aromatic heterocycles. The lowest BCUT2D eigenvalue weighted by Gasteiger charge is -2.34. The number of aliphatic hydroxyl groups is 1. The molecule has 5 rings (SSSR count). The quantitative estimate of drug-likeness (QED) is 0.474. The number of benzene rings is 1. The number of carbonyl (C=O) groups is 1. The molecule has 8 nitrogen and oxygen atoms in total. The van der Waals surface area contributed by atoms with Gasteiger partial charge in [-0.15, -0.1) is 0 Å². The Kier molecular flexibility index (Phi) is 6.96.